The number of hydrogen-bond acceptors (Lipinski definition) is 3. The van der Waals surface area contributed by atoms with Gasteiger partial charge in [-0.2, -0.15) is 0 Å². The minimum atomic E-state index is -1.14. The van der Waals surface area contributed by atoms with Crippen molar-refractivity contribution >= 4 is 17.8 Å². The molecule has 6 heteroatoms. The van der Waals surface area contributed by atoms with Crippen LogP contribution in [0.25, 0.3) is 0 Å². The maximum atomic E-state index is 12.4. The van der Waals surface area contributed by atoms with Crippen LogP contribution in [-0.4, -0.2) is 46.4 Å². The summed E-state index contributed by atoms with van der Waals surface area (Å²) in [6, 6.07) is 0. The maximum absolute atomic E-state index is 12.4. The zero-order valence-electron chi connectivity index (χ0n) is 13.4. The number of amides is 2. The summed E-state index contributed by atoms with van der Waals surface area (Å²) in [5.74, 6) is -1.33. The van der Waals surface area contributed by atoms with E-state index in [1.54, 1.807) is 4.90 Å². The molecule has 1 saturated carbocycles. The molecule has 0 bridgehead atoms. The van der Waals surface area contributed by atoms with Crippen molar-refractivity contribution in [2.45, 2.75) is 57.9 Å². The third kappa shape index (κ3) is 3.59. The van der Waals surface area contributed by atoms with Crippen LogP contribution in [0.1, 0.15) is 52.4 Å². The Kier molecular flexibility index (Phi) is 5.08. The van der Waals surface area contributed by atoms with Gasteiger partial charge in [0.2, 0.25) is 11.8 Å². The normalized spacial score (nSPS) is 24.6. The molecule has 2 N–H and O–H groups in total. The Morgan fingerprint density at radius 1 is 1.32 bits per heavy atom. The summed E-state index contributed by atoms with van der Waals surface area (Å²) >= 11 is 0. The van der Waals surface area contributed by atoms with Crippen molar-refractivity contribution in [2.75, 3.05) is 13.1 Å². The average Bonchev–Trinajstić information content (AvgIpc) is 2.80. The van der Waals surface area contributed by atoms with Crippen LogP contribution in [0.15, 0.2) is 0 Å². The Morgan fingerprint density at radius 3 is 2.50 bits per heavy atom. The summed E-state index contributed by atoms with van der Waals surface area (Å²) in [5, 5.41) is 12.3. The molecule has 1 aliphatic heterocycles. The molecule has 0 aromatic heterocycles. The number of carbonyl (C=O) groups excluding carboxylic acids is 2. The quantitative estimate of drug-likeness (QED) is 0.803. The van der Waals surface area contributed by atoms with Gasteiger partial charge in [0, 0.05) is 19.5 Å². The molecule has 0 unspecified atom stereocenters. The fourth-order valence-corrected chi connectivity index (χ4v) is 3.45. The van der Waals surface area contributed by atoms with Crippen LogP contribution in [0.5, 0.6) is 0 Å². The molecular weight excluding hydrogens is 284 g/mol. The molecule has 0 spiro atoms. The monoisotopic (exact) mass is 310 g/mol. The van der Waals surface area contributed by atoms with Crippen LogP contribution in [0, 0.1) is 11.8 Å². The number of aliphatic carboxylic acids is 1. The van der Waals surface area contributed by atoms with Gasteiger partial charge in [-0.25, -0.2) is 4.79 Å². The van der Waals surface area contributed by atoms with Gasteiger partial charge in [0.25, 0.3) is 0 Å². The van der Waals surface area contributed by atoms with Crippen molar-refractivity contribution in [1.82, 2.24) is 10.2 Å². The molecule has 1 saturated heterocycles. The maximum Gasteiger partial charge on any atom is 0.329 e. The first-order chi connectivity index (χ1) is 10.3. The Balaban J connectivity index is 1.99. The topological polar surface area (TPSA) is 86.7 Å². The molecule has 0 aromatic carbocycles. The van der Waals surface area contributed by atoms with Crippen LogP contribution in [0.4, 0.5) is 0 Å². The Bertz CT molecular complexity index is 455. The first-order valence-electron chi connectivity index (χ1n) is 8.17. The lowest BCUT2D eigenvalue weighted by molar-refractivity contribution is -0.150. The minimum absolute atomic E-state index is 0.0122. The van der Waals surface area contributed by atoms with Crippen molar-refractivity contribution in [1.29, 1.82) is 0 Å². The van der Waals surface area contributed by atoms with E-state index in [-0.39, 0.29) is 18.2 Å². The van der Waals surface area contributed by atoms with Gasteiger partial charge in [-0.1, -0.05) is 33.1 Å². The van der Waals surface area contributed by atoms with Gasteiger partial charge in [-0.3, -0.25) is 9.59 Å². The summed E-state index contributed by atoms with van der Waals surface area (Å²) in [5.41, 5.74) is -1.14. The van der Waals surface area contributed by atoms with Crippen molar-refractivity contribution < 1.29 is 19.5 Å². The predicted octanol–water partition coefficient (Wildman–Crippen LogP) is 1.39. The Hall–Kier alpha value is -1.59. The second-order valence-corrected chi connectivity index (χ2v) is 7.03. The zero-order chi connectivity index (χ0) is 16.3. The fraction of sp³-hybridized carbons (Fsp3) is 0.812. The van der Waals surface area contributed by atoms with E-state index in [2.05, 4.69) is 5.32 Å². The molecule has 0 radical (unpaired) electrons. The first-order valence-corrected chi connectivity index (χ1v) is 8.17. The predicted molar refractivity (Wildman–Crippen MR) is 81.1 cm³/mol. The molecule has 0 aromatic rings. The smallest absolute Gasteiger partial charge is 0.329 e. The van der Waals surface area contributed by atoms with Crippen LogP contribution in [0.3, 0.4) is 0 Å². The zero-order valence-corrected chi connectivity index (χ0v) is 13.4. The summed E-state index contributed by atoms with van der Waals surface area (Å²) in [6.45, 7) is 5.11. The number of carboxylic acids is 1. The van der Waals surface area contributed by atoms with E-state index >= 15 is 0 Å². The highest BCUT2D eigenvalue weighted by Gasteiger charge is 2.44. The second kappa shape index (κ2) is 6.67. The summed E-state index contributed by atoms with van der Waals surface area (Å²) in [7, 11) is 0. The van der Waals surface area contributed by atoms with Crippen LogP contribution in [0.2, 0.25) is 0 Å². The standard InChI is InChI=1S/C16H26N2O4/c1-11(2)9-18-10-12(8-13(18)19)14(20)17-16(15(21)22)6-4-3-5-7-16/h11-12H,3-10H2,1-2H3,(H,17,20)(H,21,22)/t12-/m1/s1. The third-order valence-corrected chi connectivity index (χ3v) is 4.65. The van der Waals surface area contributed by atoms with E-state index in [0.717, 1.165) is 19.3 Å². The molecule has 2 rings (SSSR count). The molecule has 1 heterocycles. The molecular formula is C16H26N2O4. The number of nitrogens with one attached hydrogen (secondary N) is 1. The lowest BCUT2D eigenvalue weighted by Gasteiger charge is -2.34. The van der Waals surface area contributed by atoms with Gasteiger partial charge in [0.1, 0.15) is 5.54 Å². The van der Waals surface area contributed by atoms with Crippen LogP contribution < -0.4 is 5.32 Å². The number of rotatable bonds is 5. The van der Waals surface area contributed by atoms with Crippen LogP contribution >= 0.6 is 0 Å². The minimum Gasteiger partial charge on any atom is -0.480 e. The number of carbonyl (C=O) groups is 3. The van der Waals surface area contributed by atoms with E-state index in [9.17, 15) is 19.5 Å². The van der Waals surface area contributed by atoms with Crippen LogP contribution in [-0.2, 0) is 14.4 Å². The molecule has 2 amide bonds. The molecule has 124 valence electrons. The number of hydrogen-bond donors (Lipinski definition) is 2. The molecule has 2 aliphatic rings. The lowest BCUT2D eigenvalue weighted by atomic mass is 9.81. The Labute approximate surface area is 131 Å². The van der Waals surface area contributed by atoms with Gasteiger partial charge in [0.05, 0.1) is 5.92 Å². The van der Waals surface area contributed by atoms with Gasteiger partial charge < -0.3 is 15.3 Å². The summed E-state index contributed by atoms with van der Waals surface area (Å²) in [4.78, 5) is 37.7. The van der Waals surface area contributed by atoms with E-state index < -0.39 is 17.4 Å². The first kappa shape index (κ1) is 16.8. The van der Waals surface area contributed by atoms with Crippen molar-refractivity contribution in [3.63, 3.8) is 0 Å². The number of likely N-dealkylation sites (tertiary alicyclic amines) is 1. The number of nitrogens with zero attached hydrogens (tertiary/aromatic N) is 1. The van der Waals surface area contributed by atoms with Gasteiger partial charge >= 0.3 is 5.97 Å². The highest BCUT2D eigenvalue weighted by atomic mass is 16.4. The highest BCUT2D eigenvalue weighted by Crippen LogP contribution is 2.30. The van der Waals surface area contributed by atoms with E-state index in [1.807, 2.05) is 13.8 Å². The van der Waals surface area contributed by atoms with E-state index in [0.29, 0.717) is 31.8 Å². The van der Waals surface area contributed by atoms with Crippen molar-refractivity contribution in [3.8, 4) is 0 Å². The third-order valence-electron chi connectivity index (χ3n) is 4.65. The molecule has 22 heavy (non-hydrogen) atoms. The van der Waals surface area contributed by atoms with E-state index in [1.165, 1.54) is 0 Å². The van der Waals surface area contributed by atoms with Gasteiger partial charge in [-0.15, -0.1) is 0 Å². The Morgan fingerprint density at radius 2 is 1.95 bits per heavy atom. The highest BCUT2D eigenvalue weighted by molar-refractivity contribution is 5.92. The van der Waals surface area contributed by atoms with Gasteiger partial charge in [0.15, 0.2) is 0 Å². The molecule has 2 fully saturated rings. The summed E-state index contributed by atoms with van der Waals surface area (Å²) < 4.78 is 0. The second-order valence-electron chi connectivity index (χ2n) is 7.03. The summed E-state index contributed by atoms with van der Waals surface area (Å²) in [6.07, 6.45) is 3.78. The SMILES string of the molecule is CC(C)CN1C[C@H](C(=O)NC2(C(=O)O)CCCCC2)CC1=O. The fourth-order valence-electron chi connectivity index (χ4n) is 3.45. The lowest BCUT2D eigenvalue weighted by Crippen LogP contribution is -2.57. The van der Waals surface area contributed by atoms with Crippen molar-refractivity contribution in [3.05, 3.63) is 0 Å². The molecule has 6 nitrogen and oxygen atoms in total. The van der Waals surface area contributed by atoms with Gasteiger partial charge in [-0.05, 0) is 18.8 Å². The molecule has 1 atom stereocenters. The number of carboxylic acid groups (broad SMARTS) is 1. The van der Waals surface area contributed by atoms with E-state index in [4.69, 9.17) is 0 Å². The largest absolute Gasteiger partial charge is 0.480 e. The average molecular weight is 310 g/mol. The molecule has 1 aliphatic carbocycles. The van der Waals surface area contributed by atoms with Crippen molar-refractivity contribution in [2.24, 2.45) is 11.8 Å².